The Morgan fingerprint density at radius 3 is 2.75 bits per heavy atom. The molecule has 0 fully saturated rings. The number of benzene rings is 2. The summed E-state index contributed by atoms with van der Waals surface area (Å²) < 4.78 is 33.0. The molecule has 0 aliphatic rings. The van der Waals surface area contributed by atoms with Gasteiger partial charge in [0.15, 0.2) is 0 Å². The van der Waals surface area contributed by atoms with Crippen LogP contribution in [0.2, 0.25) is 0 Å². The van der Waals surface area contributed by atoms with E-state index in [9.17, 15) is 8.78 Å². The van der Waals surface area contributed by atoms with E-state index in [2.05, 4.69) is 37.1 Å². The van der Waals surface area contributed by atoms with E-state index >= 15 is 0 Å². The number of ether oxygens (including phenoxy) is 1. The standard InChI is InChI=1S/C18H17BrF2N2O/c1-2-5-17-22-14-9-8-13(19)10-15(14)23(17)11-12-6-3-4-7-16(12)24-18(20)21/h3-4,6-10,18H,2,5,11H2,1H3. The van der Waals surface area contributed by atoms with Crippen molar-refractivity contribution in [2.75, 3.05) is 0 Å². The van der Waals surface area contributed by atoms with E-state index < -0.39 is 6.61 Å². The van der Waals surface area contributed by atoms with Crippen LogP contribution in [-0.2, 0) is 13.0 Å². The summed E-state index contributed by atoms with van der Waals surface area (Å²) in [5.41, 5.74) is 2.57. The van der Waals surface area contributed by atoms with Crippen LogP contribution in [0.3, 0.4) is 0 Å². The Hall–Kier alpha value is -1.95. The van der Waals surface area contributed by atoms with Crippen molar-refractivity contribution in [3.05, 3.63) is 58.3 Å². The molecule has 3 nitrogen and oxygen atoms in total. The molecule has 0 atom stereocenters. The summed E-state index contributed by atoms with van der Waals surface area (Å²) >= 11 is 3.48. The van der Waals surface area contributed by atoms with Crippen molar-refractivity contribution in [3.63, 3.8) is 0 Å². The van der Waals surface area contributed by atoms with Gasteiger partial charge in [0, 0.05) is 16.5 Å². The Kier molecular flexibility index (Phi) is 5.14. The van der Waals surface area contributed by atoms with Gasteiger partial charge < -0.3 is 9.30 Å². The van der Waals surface area contributed by atoms with Crippen LogP contribution < -0.4 is 4.74 Å². The second kappa shape index (κ2) is 7.30. The lowest BCUT2D eigenvalue weighted by Crippen LogP contribution is -2.09. The monoisotopic (exact) mass is 394 g/mol. The van der Waals surface area contributed by atoms with Crippen molar-refractivity contribution in [1.82, 2.24) is 9.55 Å². The molecule has 24 heavy (non-hydrogen) atoms. The summed E-state index contributed by atoms with van der Waals surface area (Å²) in [6.45, 7) is -0.312. The normalized spacial score (nSPS) is 11.4. The van der Waals surface area contributed by atoms with Gasteiger partial charge >= 0.3 is 6.61 Å². The quantitative estimate of drug-likeness (QED) is 0.559. The molecule has 2 aromatic carbocycles. The zero-order valence-corrected chi connectivity index (χ0v) is 14.8. The van der Waals surface area contributed by atoms with E-state index in [4.69, 9.17) is 0 Å². The van der Waals surface area contributed by atoms with Gasteiger partial charge in [0.05, 0.1) is 17.6 Å². The van der Waals surface area contributed by atoms with E-state index in [1.54, 1.807) is 18.2 Å². The topological polar surface area (TPSA) is 27.1 Å². The van der Waals surface area contributed by atoms with Crippen LogP contribution in [0.1, 0.15) is 24.7 Å². The molecule has 0 unspecified atom stereocenters. The van der Waals surface area contributed by atoms with Crippen molar-refractivity contribution in [1.29, 1.82) is 0 Å². The van der Waals surface area contributed by atoms with E-state index in [1.807, 2.05) is 24.3 Å². The number of para-hydroxylation sites is 1. The molecule has 126 valence electrons. The highest BCUT2D eigenvalue weighted by Crippen LogP contribution is 2.26. The first-order chi connectivity index (χ1) is 11.6. The lowest BCUT2D eigenvalue weighted by atomic mass is 10.2. The van der Waals surface area contributed by atoms with E-state index in [0.29, 0.717) is 12.1 Å². The molecule has 3 aromatic rings. The van der Waals surface area contributed by atoms with Crippen LogP contribution in [0, 0.1) is 0 Å². The van der Waals surface area contributed by atoms with Gasteiger partial charge in [-0.2, -0.15) is 8.78 Å². The SMILES string of the molecule is CCCc1nc2ccc(Br)cc2n1Cc1ccccc1OC(F)F. The zero-order valence-electron chi connectivity index (χ0n) is 13.2. The molecule has 0 aliphatic heterocycles. The molecule has 0 saturated carbocycles. The molecule has 0 saturated heterocycles. The highest BCUT2D eigenvalue weighted by Gasteiger charge is 2.14. The largest absolute Gasteiger partial charge is 0.434 e. The summed E-state index contributed by atoms with van der Waals surface area (Å²) in [6, 6.07) is 12.8. The van der Waals surface area contributed by atoms with Crippen molar-refractivity contribution >= 4 is 27.0 Å². The summed E-state index contributed by atoms with van der Waals surface area (Å²) in [5, 5.41) is 0. The first-order valence-electron chi connectivity index (χ1n) is 7.76. The van der Waals surface area contributed by atoms with Crippen LogP contribution >= 0.6 is 15.9 Å². The number of halogens is 3. The maximum absolute atomic E-state index is 12.6. The van der Waals surface area contributed by atoms with Gasteiger partial charge in [-0.1, -0.05) is 41.1 Å². The fourth-order valence-electron chi connectivity index (χ4n) is 2.75. The average Bonchev–Trinajstić information content (AvgIpc) is 2.86. The number of nitrogens with zero attached hydrogens (tertiary/aromatic N) is 2. The number of alkyl halides is 2. The summed E-state index contributed by atoms with van der Waals surface area (Å²) in [6.07, 6.45) is 1.78. The minimum Gasteiger partial charge on any atom is -0.434 e. The molecule has 1 aromatic heterocycles. The van der Waals surface area contributed by atoms with E-state index in [0.717, 1.165) is 34.2 Å². The predicted octanol–water partition coefficient (Wildman–Crippen LogP) is 5.40. The van der Waals surface area contributed by atoms with E-state index in [1.165, 1.54) is 0 Å². The number of aromatic nitrogens is 2. The van der Waals surface area contributed by atoms with Gasteiger partial charge in [0.1, 0.15) is 11.6 Å². The van der Waals surface area contributed by atoms with Crippen LogP contribution in [0.4, 0.5) is 8.78 Å². The van der Waals surface area contributed by atoms with Gasteiger partial charge in [-0.3, -0.25) is 0 Å². The van der Waals surface area contributed by atoms with Crippen molar-refractivity contribution in [2.24, 2.45) is 0 Å². The summed E-state index contributed by atoms with van der Waals surface area (Å²) in [4.78, 5) is 4.68. The van der Waals surface area contributed by atoms with Crippen molar-refractivity contribution in [2.45, 2.75) is 32.9 Å². The number of aryl methyl sites for hydroxylation is 1. The number of rotatable bonds is 6. The fourth-order valence-corrected chi connectivity index (χ4v) is 3.10. The summed E-state index contributed by atoms with van der Waals surface area (Å²) in [7, 11) is 0. The first-order valence-corrected chi connectivity index (χ1v) is 8.55. The average molecular weight is 395 g/mol. The number of hydrogen-bond acceptors (Lipinski definition) is 2. The van der Waals surface area contributed by atoms with E-state index in [-0.39, 0.29) is 5.75 Å². The minimum absolute atomic E-state index is 0.201. The third-order valence-corrected chi connectivity index (χ3v) is 4.27. The lowest BCUT2D eigenvalue weighted by molar-refractivity contribution is -0.0504. The first kappa shape index (κ1) is 16.9. The number of imidazole rings is 1. The maximum Gasteiger partial charge on any atom is 0.387 e. The highest BCUT2D eigenvalue weighted by molar-refractivity contribution is 9.10. The van der Waals surface area contributed by atoms with Crippen molar-refractivity contribution < 1.29 is 13.5 Å². The molecule has 6 heteroatoms. The third kappa shape index (κ3) is 3.59. The Labute approximate surface area is 147 Å². The zero-order chi connectivity index (χ0) is 17.1. The van der Waals surface area contributed by atoms with Gasteiger partial charge in [-0.15, -0.1) is 0 Å². The Morgan fingerprint density at radius 1 is 1.21 bits per heavy atom. The fraction of sp³-hybridized carbons (Fsp3) is 0.278. The Bertz CT molecular complexity index is 848. The second-order valence-electron chi connectivity index (χ2n) is 5.48. The molecule has 0 spiro atoms. The summed E-state index contributed by atoms with van der Waals surface area (Å²) in [5.74, 6) is 1.14. The molecule has 3 rings (SSSR count). The van der Waals surface area contributed by atoms with Crippen molar-refractivity contribution in [3.8, 4) is 5.75 Å². The molecule has 0 radical (unpaired) electrons. The smallest absolute Gasteiger partial charge is 0.387 e. The van der Waals surface area contributed by atoms with Gasteiger partial charge in [-0.05, 0) is 30.7 Å². The maximum atomic E-state index is 12.6. The number of fused-ring (bicyclic) bond motifs is 1. The van der Waals surface area contributed by atoms with Crippen LogP contribution in [0.5, 0.6) is 5.75 Å². The van der Waals surface area contributed by atoms with Gasteiger partial charge in [0.2, 0.25) is 0 Å². The minimum atomic E-state index is -2.84. The molecular weight excluding hydrogens is 378 g/mol. The number of hydrogen-bond donors (Lipinski definition) is 0. The van der Waals surface area contributed by atoms with Crippen LogP contribution in [-0.4, -0.2) is 16.2 Å². The molecule has 0 amide bonds. The molecular formula is C18H17BrF2N2O. The molecule has 1 heterocycles. The molecule has 0 N–H and O–H groups in total. The second-order valence-corrected chi connectivity index (χ2v) is 6.40. The predicted molar refractivity (Wildman–Crippen MR) is 93.6 cm³/mol. The van der Waals surface area contributed by atoms with Crippen LogP contribution in [0.15, 0.2) is 46.9 Å². The highest BCUT2D eigenvalue weighted by atomic mass is 79.9. The Morgan fingerprint density at radius 2 is 2.00 bits per heavy atom. The Balaban J connectivity index is 2.06. The van der Waals surface area contributed by atoms with Gasteiger partial charge in [0.25, 0.3) is 0 Å². The lowest BCUT2D eigenvalue weighted by Gasteiger charge is -2.13. The van der Waals surface area contributed by atoms with Gasteiger partial charge in [-0.25, -0.2) is 4.98 Å². The van der Waals surface area contributed by atoms with Crippen LogP contribution in [0.25, 0.3) is 11.0 Å². The molecule has 0 bridgehead atoms. The molecule has 0 aliphatic carbocycles. The third-order valence-electron chi connectivity index (χ3n) is 3.78.